The van der Waals surface area contributed by atoms with E-state index in [1.807, 2.05) is 4.90 Å². The van der Waals surface area contributed by atoms with Gasteiger partial charge in [-0.1, -0.05) is 34.6 Å². The molecule has 6 nitrogen and oxygen atoms in total. The molecule has 6 heteroatoms. The topological polar surface area (TPSA) is 56.2 Å². The Morgan fingerprint density at radius 2 is 1.71 bits per heavy atom. The summed E-state index contributed by atoms with van der Waals surface area (Å²) in [6.45, 7) is 16.8. The Hall–Kier alpha value is -0.690. The van der Waals surface area contributed by atoms with Gasteiger partial charge in [0.1, 0.15) is 0 Å². The highest BCUT2D eigenvalue weighted by atomic mass is 16.7. The molecule has 0 aromatic carbocycles. The highest BCUT2D eigenvalue weighted by Crippen LogP contribution is 2.38. The Balaban J connectivity index is 1.54. The number of carbonyl (C=O) groups excluding carboxylic acids is 1. The van der Waals surface area contributed by atoms with Crippen molar-refractivity contribution >= 4 is 5.91 Å². The number of hydrogen-bond donors (Lipinski definition) is 1. The molecule has 3 aliphatic rings. The fraction of sp³-hybridized carbons (Fsp3) is 0.955. The average molecular weight is 396 g/mol. The third-order valence-electron chi connectivity index (χ3n) is 7.28. The molecule has 2 unspecified atom stereocenters. The van der Waals surface area contributed by atoms with E-state index in [1.165, 1.54) is 17.9 Å². The summed E-state index contributed by atoms with van der Waals surface area (Å²) in [6.07, 6.45) is 4.40. The number of nitrogens with zero attached hydrogens (tertiary/aromatic N) is 3. The number of carbonyl (C=O) groups is 1. The zero-order chi connectivity index (χ0) is 20.5. The Kier molecular flexibility index (Phi) is 6.75. The van der Waals surface area contributed by atoms with E-state index < -0.39 is 0 Å². The molecule has 3 fully saturated rings. The van der Waals surface area contributed by atoms with E-state index in [-0.39, 0.29) is 23.2 Å². The maximum atomic E-state index is 12.7. The van der Waals surface area contributed by atoms with Gasteiger partial charge >= 0.3 is 0 Å². The Morgan fingerprint density at radius 3 is 2.32 bits per heavy atom. The van der Waals surface area contributed by atoms with Gasteiger partial charge in [0.05, 0.1) is 12.5 Å². The predicted octanol–water partition coefficient (Wildman–Crippen LogP) is 3.26. The van der Waals surface area contributed by atoms with Crippen LogP contribution in [0.2, 0.25) is 0 Å². The first-order valence-corrected chi connectivity index (χ1v) is 11.2. The maximum Gasteiger partial charge on any atom is 0.227 e. The molecule has 0 bridgehead atoms. The van der Waals surface area contributed by atoms with E-state index in [2.05, 4.69) is 39.7 Å². The van der Waals surface area contributed by atoms with Crippen molar-refractivity contribution in [3.05, 3.63) is 0 Å². The van der Waals surface area contributed by atoms with Crippen LogP contribution >= 0.6 is 0 Å². The Morgan fingerprint density at radius 1 is 1.00 bits per heavy atom. The zero-order valence-corrected chi connectivity index (χ0v) is 18.6. The summed E-state index contributed by atoms with van der Waals surface area (Å²) in [5.41, 5.74) is 0.215. The lowest BCUT2D eigenvalue weighted by molar-refractivity contribution is -0.218. The minimum Gasteiger partial charge on any atom is -0.342 e. The number of likely N-dealkylation sites (tertiary alicyclic amines) is 1. The van der Waals surface area contributed by atoms with Gasteiger partial charge in [-0.25, -0.2) is 0 Å². The lowest BCUT2D eigenvalue weighted by Gasteiger charge is -2.45. The molecule has 0 aromatic rings. The molecule has 3 heterocycles. The summed E-state index contributed by atoms with van der Waals surface area (Å²) in [7, 11) is 0. The van der Waals surface area contributed by atoms with Crippen LogP contribution in [0.25, 0.3) is 0 Å². The SMILES string of the molecule is CC(C)(C)C1CCCN(OCC(C)(C)[C@H]2CC(C(=O)N3CCC3)CN(O)C2)C1. The van der Waals surface area contributed by atoms with Gasteiger partial charge in [-0.15, -0.1) is 0 Å². The fourth-order valence-electron chi connectivity index (χ4n) is 4.76. The molecule has 0 radical (unpaired) electrons. The second-order valence-electron chi connectivity index (χ2n) is 11.0. The van der Waals surface area contributed by atoms with E-state index in [0.717, 1.165) is 39.0 Å². The van der Waals surface area contributed by atoms with Crippen LogP contribution in [-0.4, -0.2) is 72.0 Å². The highest BCUT2D eigenvalue weighted by molar-refractivity contribution is 5.79. The fourth-order valence-corrected chi connectivity index (χ4v) is 4.76. The van der Waals surface area contributed by atoms with Crippen LogP contribution < -0.4 is 0 Å². The first kappa shape index (κ1) is 22.0. The van der Waals surface area contributed by atoms with Crippen LogP contribution in [0.15, 0.2) is 0 Å². The second kappa shape index (κ2) is 8.58. The molecule has 0 spiro atoms. The van der Waals surface area contributed by atoms with Crippen molar-refractivity contribution in [1.82, 2.24) is 15.0 Å². The van der Waals surface area contributed by atoms with Crippen LogP contribution in [0, 0.1) is 28.6 Å². The molecule has 0 aromatic heterocycles. The summed E-state index contributed by atoms with van der Waals surface area (Å²) in [6, 6.07) is 0. The van der Waals surface area contributed by atoms with Gasteiger partial charge in [-0.05, 0) is 48.3 Å². The van der Waals surface area contributed by atoms with Gasteiger partial charge in [-0.2, -0.15) is 10.1 Å². The van der Waals surface area contributed by atoms with Crippen LogP contribution in [0.1, 0.15) is 60.3 Å². The molecule has 3 saturated heterocycles. The zero-order valence-electron chi connectivity index (χ0n) is 18.6. The molecular formula is C22H41N3O3. The van der Waals surface area contributed by atoms with Gasteiger partial charge < -0.3 is 10.1 Å². The van der Waals surface area contributed by atoms with E-state index in [9.17, 15) is 10.0 Å². The first-order chi connectivity index (χ1) is 13.1. The molecule has 3 atom stereocenters. The Labute approximate surface area is 171 Å². The van der Waals surface area contributed by atoms with Crippen molar-refractivity contribution < 1.29 is 14.8 Å². The predicted molar refractivity (Wildman–Crippen MR) is 110 cm³/mol. The van der Waals surface area contributed by atoms with Crippen LogP contribution in [0.5, 0.6) is 0 Å². The summed E-state index contributed by atoms with van der Waals surface area (Å²) in [4.78, 5) is 20.9. The number of hydrogen-bond acceptors (Lipinski definition) is 5. The second-order valence-corrected chi connectivity index (χ2v) is 11.0. The molecular weight excluding hydrogens is 354 g/mol. The van der Waals surface area contributed by atoms with Gasteiger partial charge in [-0.3, -0.25) is 9.63 Å². The summed E-state index contributed by atoms with van der Waals surface area (Å²) < 4.78 is 0. The first-order valence-electron chi connectivity index (χ1n) is 11.2. The summed E-state index contributed by atoms with van der Waals surface area (Å²) in [5.74, 6) is 1.02. The van der Waals surface area contributed by atoms with E-state index in [1.54, 1.807) is 0 Å². The quantitative estimate of drug-likeness (QED) is 0.774. The van der Waals surface area contributed by atoms with Gasteiger partial charge in [0.2, 0.25) is 5.91 Å². The van der Waals surface area contributed by atoms with Crippen molar-refractivity contribution in [3.63, 3.8) is 0 Å². The normalized spacial score (nSPS) is 30.9. The van der Waals surface area contributed by atoms with E-state index >= 15 is 0 Å². The van der Waals surface area contributed by atoms with Gasteiger partial charge in [0.15, 0.2) is 0 Å². The van der Waals surface area contributed by atoms with Crippen LogP contribution in [0.4, 0.5) is 0 Å². The molecule has 3 rings (SSSR count). The van der Waals surface area contributed by atoms with Gasteiger partial charge in [0, 0.05) is 39.3 Å². The Bertz CT molecular complexity index is 542. The third-order valence-corrected chi connectivity index (χ3v) is 7.28. The summed E-state index contributed by atoms with van der Waals surface area (Å²) in [5, 5.41) is 13.8. The number of hydroxylamine groups is 4. The van der Waals surface area contributed by atoms with E-state index in [4.69, 9.17) is 4.84 Å². The molecule has 28 heavy (non-hydrogen) atoms. The number of amides is 1. The molecule has 0 aliphatic carbocycles. The number of rotatable bonds is 5. The number of piperidine rings is 2. The smallest absolute Gasteiger partial charge is 0.227 e. The minimum atomic E-state index is -0.0939. The monoisotopic (exact) mass is 395 g/mol. The molecule has 162 valence electrons. The van der Waals surface area contributed by atoms with Gasteiger partial charge in [0.25, 0.3) is 0 Å². The molecule has 0 saturated carbocycles. The van der Waals surface area contributed by atoms with Crippen molar-refractivity contribution in [2.75, 3.05) is 45.9 Å². The van der Waals surface area contributed by atoms with Crippen molar-refractivity contribution in [2.45, 2.75) is 60.3 Å². The lowest BCUT2D eigenvalue weighted by Crippen LogP contribution is -2.53. The molecule has 3 aliphatic heterocycles. The highest BCUT2D eigenvalue weighted by Gasteiger charge is 2.41. The van der Waals surface area contributed by atoms with E-state index in [0.29, 0.717) is 31.0 Å². The lowest BCUT2D eigenvalue weighted by atomic mass is 9.72. The average Bonchev–Trinajstić information content (AvgIpc) is 2.57. The standard InChI is InChI=1S/C22H41N3O3/c1-21(2,3)18-8-6-11-25(15-18)28-16-22(4,5)19-12-17(13-24(27)14-19)20(26)23-9-7-10-23/h17-19,27H,6-16H2,1-5H3/t17?,18?,19-/m0/s1. The summed E-state index contributed by atoms with van der Waals surface area (Å²) >= 11 is 0. The molecule has 1 N–H and O–H groups in total. The minimum absolute atomic E-state index is 0.0937. The largest absolute Gasteiger partial charge is 0.342 e. The maximum absolute atomic E-state index is 12.7. The van der Waals surface area contributed by atoms with Crippen molar-refractivity contribution in [2.24, 2.45) is 28.6 Å². The van der Waals surface area contributed by atoms with Crippen molar-refractivity contribution in [3.8, 4) is 0 Å². The third kappa shape index (κ3) is 5.26. The van der Waals surface area contributed by atoms with Crippen molar-refractivity contribution in [1.29, 1.82) is 0 Å². The van der Waals surface area contributed by atoms with Crippen LogP contribution in [-0.2, 0) is 9.63 Å². The molecule has 1 amide bonds. The van der Waals surface area contributed by atoms with Crippen LogP contribution in [0.3, 0.4) is 0 Å².